The Kier molecular flexibility index (Phi) is 7.64. The lowest BCUT2D eigenvalue weighted by Crippen LogP contribution is -2.45. The molecule has 1 N–H and O–H groups in total. The fourth-order valence-corrected chi connectivity index (χ4v) is 2.96. The fraction of sp³-hybridized carbons (Fsp3) is 0.300. The van der Waals surface area contributed by atoms with Gasteiger partial charge in [-0.25, -0.2) is 0 Å². The molecular weight excluding hydrogens is 371 g/mol. The van der Waals surface area contributed by atoms with Crippen LogP contribution in [0.4, 0.5) is 0 Å². The molecule has 0 saturated heterocycles. The van der Waals surface area contributed by atoms with Crippen LogP contribution in [0.15, 0.2) is 48.5 Å². The largest absolute Gasteiger partial charge is 0.345 e. The third-order valence-corrected chi connectivity index (χ3v) is 4.70. The van der Waals surface area contributed by atoms with Crippen LogP contribution in [0, 0.1) is 0 Å². The van der Waals surface area contributed by atoms with Crippen molar-refractivity contribution < 1.29 is 9.59 Å². The number of hydrogen-bond donors (Lipinski definition) is 1. The quantitative estimate of drug-likeness (QED) is 0.744. The van der Waals surface area contributed by atoms with Crippen molar-refractivity contribution in [2.75, 3.05) is 13.6 Å². The van der Waals surface area contributed by atoms with Crippen molar-refractivity contribution in [3.05, 3.63) is 69.7 Å². The normalized spacial score (nSPS) is 12.0. The number of halogens is 2. The van der Waals surface area contributed by atoms with Crippen LogP contribution in [0.3, 0.4) is 0 Å². The van der Waals surface area contributed by atoms with Crippen LogP contribution < -0.4 is 5.32 Å². The highest BCUT2D eigenvalue weighted by atomic mass is 35.5. The summed E-state index contributed by atoms with van der Waals surface area (Å²) in [6, 6.07) is 14.5. The number of benzene rings is 2. The molecule has 0 unspecified atom stereocenters. The first-order valence-electron chi connectivity index (χ1n) is 8.31. The summed E-state index contributed by atoms with van der Waals surface area (Å²) in [5, 5.41) is 3.81. The molecule has 0 aliphatic rings. The molecule has 0 radical (unpaired) electrons. The van der Waals surface area contributed by atoms with Gasteiger partial charge in [-0.2, -0.15) is 0 Å². The van der Waals surface area contributed by atoms with E-state index in [-0.39, 0.29) is 18.2 Å². The minimum atomic E-state index is -0.525. The van der Waals surface area contributed by atoms with Gasteiger partial charge in [-0.15, -0.1) is 0 Å². The highest BCUT2D eigenvalue weighted by Crippen LogP contribution is 2.23. The van der Waals surface area contributed by atoms with Gasteiger partial charge in [0.15, 0.2) is 5.78 Å². The zero-order valence-electron chi connectivity index (χ0n) is 14.8. The van der Waals surface area contributed by atoms with E-state index >= 15 is 0 Å². The predicted octanol–water partition coefficient (Wildman–Crippen LogP) is 3.74. The van der Waals surface area contributed by atoms with Crippen LogP contribution in [0.1, 0.15) is 18.1 Å². The molecule has 0 saturated carbocycles. The van der Waals surface area contributed by atoms with Gasteiger partial charge < -0.3 is 5.32 Å². The first-order chi connectivity index (χ1) is 12.3. The molecule has 2 rings (SSSR count). The molecule has 4 nitrogen and oxygen atoms in total. The van der Waals surface area contributed by atoms with Gasteiger partial charge in [0.25, 0.3) is 0 Å². The Balaban J connectivity index is 1.90. The molecule has 1 amide bonds. The molecule has 1 atom stereocenters. The summed E-state index contributed by atoms with van der Waals surface area (Å²) in [4.78, 5) is 26.0. The summed E-state index contributed by atoms with van der Waals surface area (Å²) < 4.78 is 0. The average Bonchev–Trinajstić information content (AvgIpc) is 2.58. The number of nitrogens with zero attached hydrogens (tertiary/aromatic N) is 1. The molecule has 0 fully saturated rings. The van der Waals surface area contributed by atoms with Gasteiger partial charge in [-0.1, -0.05) is 59.6 Å². The summed E-state index contributed by atoms with van der Waals surface area (Å²) in [6.45, 7) is 2.22. The molecule has 2 aromatic rings. The Morgan fingerprint density at radius 1 is 1.04 bits per heavy atom. The Labute approximate surface area is 164 Å². The Morgan fingerprint density at radius 3 is 2.35 bits per heavy atom. The summed E-state index contributed by atoms with van der Waals surface area (Å²) in [6.07, 6.45) is 0.485. The maximum Gasteiger partial charge on any atom is 0.234 e. The van der Waals surface area contributed by atoms with Crippen LogP contribution in [-0.4, -0.2) is 36.2 Å². The number of nitrogens with one attached hydrogen (secondary N) is 1. The zero-order chi connectivity index (χ0) is 19.1. The lowest BCUT2D eigenvalue weighted by atomic mass is 10.0. The predicted molar refractivity (Wildman–Crippen MR) is 106 cm³/mol. The van der Waals surface area contributed by atoms with E-state index in [9.17, 15) is 9.59 Å². The molecule has 0 aliphatic carbocycles. The first kappa shape index (κ1) is 20.4. The van der Waals surface area contributed by atoms with Gasteiger partial charge in [0.1, 0.15) is 0 Å². The average molecular weight is 393 g/mol. The minimum absolute atomic E-state index is 0.0608. The van der Waals surface area contributed by atoms with E-state index in [2.05, 4.69) is 5.32 Å². The van der Waals surface area contributed by atoms with E-state index in [1.54, 1.807) is 12.1 Å². The number of ketones is 1. The summed E-state index contributed by atoms with van der Waals surface area (Å²) in [5.74, 6) is -0.252. The minimum Gasteiger partial charge on any atom is -0.345 e. The van der Waals surface area contributed by atoms with Gasteiger partial charge in [-0.3, -0.25) is 14.5 Å². The molecule has 0 heterocycles. The lowest BCUT2D eigenvalue weighted by molar-refractivity contribution is -0.127. The van der Waals surface area contributed by atoms with E-state index in [1.165, 1.54) is 6.92 Å². The number of rotatable bonds is 8. The Hall–Kier alpha value is -1.88. The van der Waals surface area contributed by atoms with Gasteiger partial charge in [0.05, 0.1) is 22.6 Å². The second-order valence-corrected chi connectivity index (χ2v) is 7.16. The van der Waals surface area contributed by atoms with Crippen molar-refractivity contribution in [1.29, 1.82) is 0 Å². The van der Waals surface area contributed by atoms with Crippen molar-refractivity contribution >= 4 is 34.9 Å². The Morgan fingerprint density at radius 2 is 1.73 bits per heavy atom. The summed E-state index contributed by atoms with van der Waals surface area (Å²) >= 11 is 11.9. The van der Waals surface area contributed by atoms with E-state index in [4.69, 9.17) is 23.2 Å². The summed E-state index contributed by atoms with van der Waals surface area (Å²) in [5.41, 5.74) is 1.97. The van der Waals surface area contributed by atoms with Crippen molar-refractivity contribution in [3.8, 4) is 0 Å². The van der Waals surface area contributed by atoms with Crippen LogP contribution in [0.5, 0.6) is 0 Å². The standard InChI is InChI=1S/C20H22Cl2N2O2/c1-14(25)19(11-15-6-4-3-5-7-15)23-20(26)13-24(2)12-16-8-9-17(21)18(22)10-16/h3-10,19H,11-13H2,1-2H3,(H,23,26)/t19-/m0/s1. The summed E-state index contributed by atoms with van der Waals surface area (Å²) in [7, 11) is 1.84. The van der Waals surface area contributed by atoms with Crippen molar-refractivity contribution in [3.63, 3.8) is 0 Å². The second kappa shape index (κ2) is 9.72. The molecule has 26 heavy (non-hydrogen) atoms. The molecule has 138 valence electrons. The first-order valence-corrected chi connectivity index (χ1v) is 9.07. The van der Waals surface area contributed by atoms with E-state index < -0.39 is 6.04 Å². The number of likely N-dealkylation sites (N-methyl/N-ethyl adjacent to an activating group) is 1. The monoisotopic (exact) mass is 392 g/mol. The molecule has 0 aromatic heterocycles. The van der Waals surface area contributed by atoms with Crippen LogP contribution in [-0.2, 0) is 22.6 Å². The molecular formula is C20H22Cl2N2O2. The highest BCUT2D eigenvalue weighted by molar-refractivity contribution is 6.42. The molecule has 6 heteroatoms. The topological polar surface area (TPSA) is 49.4 Å². The second-order valence-electron chi connectivity index (χ2n) is 6.34. The maximum absolute atomic E-state index is 12.3. The Bertz CT molecular complexity index is 766. The number of carbonyl (C=O) groups excluding carboxylic acids is 2. The number of Topliss-reactive ketones (excluding diaryl/α,β-unsaturated/α-hetero) is 1. The fourth-order valence-electron chi connectivity index (χ4n) is 2.64. The smallest absolute Gasteiger partial charge is 0.234 e. The van der Waals surface area contributed by atoms with Gasteiger partial charge >= 0.3 is 0 Å². The van der Waals surface area contributed by atoms with E-state index in [1.807, 2.05) is 48.3 Å². The number of carbonyl (C=O) groups is 2. The van der Waals surface area contributed by atoms with Crippen molar-refractivity contribution in [2.24, 2.45) is 0 Å². The van der Waals surface area contributed by atoms with Crippen LogP contribution in [0.25, 0.3) is 0 Å². The van der Waals surface area contributed by atoms with Gasteiger partial charge in [0.2, 0.25) is 5.91 Å². The molecule has 2 aromatic carbocycles. The van der Waals surface area contributed by atoms with Crippen LogP contribution >= 0.6 is 23.2 Å². The third kappa shape index (κ3) is 6.45. The van der Waals surface area contributed by atoms with E-state index in [0.717, 1.165) is 11.1 Å². The van der Waals surface area contributed by atoms with Crippen molar-refractivity contribution in [1.82, 2.24) is 10.2 Å². The maximum atomic E-state index is 12.3. The third-order valence-electron chi connectivity index (χ3n) is 3.96. The molecule has 0 aliphatic heterocycles. The zero-order valence-corrected chi connectivity index (χ0v) is 16.3. The van der Waals surface area contributed by atoms with Crippen molar-refractivity contribution in [2.45, 2.75) is 25.9 Å². The van der Waals surface area contributed by atoms with E-state index in [0.29, 0.717) is 23.0 Å². The molecule has 0 spiro atoms. The lowest BCUT2D eigenvalue weighted by Gasteiger charge is -2.20. The number of amides is 1. The molecule has 0 bridgehead atoms. The van der Waals surface area contributed by atoms with Gasteiger partial charge in [0, 0.05) is 6.54 Å². The SMILES string of the molecule is CC(=O)[C@H](Cc1ccccc1)NC(=O)CN(C)Cc1ccc(Cl)c(Cl)c1. The highest BCUT2D eigenvalue weighted by Gasteiger charge is 2.18. The van der Waals surface area contributed by atoms with Gasteiger partial charge in [-0.05, 0) is 43.7 Å². The van der Waals surface area contributed by atoms with Crippen LogP contribution in [0.2, 0.25) is 10.0 Å². The number of hydrogen-bond acceptors (Lipinski definition) is 3.